The Balaban J connectivity index is 1.32. The number of hydrogen-bond donors (Lipinski definition) is 4. The van der Waals surface area contributed by atoms with Gasteiger partial charge in [-0.25, -0.2) is 0 Å². The molecule has 5 aromatic rings. The molecule has 4 N–H and O–H groups in total. The first-order chi connectivity index (χ1) is 22.2. The number of rotatable bonds is 11. The second-order valence-electron chi connectivity index (χ2n) is 10.1. The van der Waals surface area contributed by atoms with Crippen LogP contribution in [0.1, 0.15) is 22.8 Å². The highest BCUT2D eigenvalue weighted by Crippen LogP contribution is 2.36. The highest BCUT2D eigenvalue weighted by molar-refractivity contribution is 8.00. The number of aromatic amines is 1. The Morgan fingerprint density at radius 1 is 0.870 bits per heavy atom. The molecule has 1 unspecified atom stereocenters. The molecule has 0 aliphatic heterocycles. The van der Waals surface area contributed by atoms with E-state index < -0.39 is 17.1 Å². The van der Waals surface area contributed by atoms with Crippen LogP contribution in [-0.2, 0) is 9.59 Å². The molecule has 234 valence electrons. The minimum atomic E-state index is -0.515. The summed E-state index contributed by atoms with van der Waals surface area (Å²) in [6.07, 6.45) is 3.42. The number of nitrogens with one attached hydrogen (secondary N) is 4. The summed E-state index contributed by atoms with van der Waals surface area (Å²) >= 11 is 7.56. The van der Waals surface area contributed by atoms with Crippen LogP contribution in [0, 0.1) is 0 Å². The average Bonchev–Trinajstić information content (AvgIpc) is 3.47. The molecular formula is C35H31ClN4O5S. The van der Waals surface area contributed by atoms with Crippen LogP contribution in [0.5, 0.6) is 11.5 Å². The van der Waals surface area contributed by atoms with Crippen LogP contribution in [0.15, 0.2) is 108 Å². The molecule has 0 aliphatic rings. The molecule has 0 bridgehead atoms. The molecule has 1 atom stereocenters. The summed E-state index contributed by atoms with van der Waals surface area (Å²) in [5, 5.41) is 9.24. The first-order valence-corrected chi connectivity index (χ1v) is 15.5. The predicted octanol–water partition coefficient (Wildman–Crippen LogP) is 7.37. The Kier molecular flexibility index (Phi) is 10.3. The smallest absolute Gasteiger partial charge is 0.272 e. The third-order valence-electron chi connectivity index (χ3n) is 6.96. The van der Waals surface area contributed by atoms with Gasteiger partial charge in [0.2, 0.25) is 5.91 Å². The Morgan fingerprint density at radius 3 is 2.37 bits per heavy atom. The third kappa shape index (κ3) is 7.71. The van der Waals surface area contributed by atoms with Gasteiger partial charge in [-0.2, -0.15) is 0 Å². The lowest BCUT2D eigenvalue weighted by molar-refractivity contribution is -0.115. The zero-order chi connectivity index (χ0) is 32.6. The van der Waals surface area contributed by atoms with Gasteiger partial charge in [0.05, 0.1) is 30.2 Å². The monoisotopic (exact) mass is 654 g/mol. The maximum Gasteiger partial charge on any atom is 0.272 e. The Bertz CT molecular complexity index is 1930. The van der Waals surface area contributed by atoms with E-state index in [4.69, 9.17) is 21.1 Å². The fourth-order valence-corrected chi connectivity index (χ4v) is 5.77. The van der Waals surface area contributed by atoms with Crippen LogP contribution in [0.2, 0.25) is 5.02 Å². The predicted molar refractivity (Wildman–Crippen MR) is 184 cm³/mol. The number of thioether (sulfide) groups is 1. The van der Waals surface area contributed by atoms with Gasteiger partial charge in [0.1, 0.15) is 17.2 Å². The average molecular weight is 655 g/mol. The van der Waals surface area contributed by atoms with Gasteiger partial charge in [0.25, 0.3) is 11.8 Å². The normalized spacial score (nSPS) is 11.9. The van der Waals surface area contributed by atoms with Gasteiger partial charge in [-0.1, -0.05) is 54.1 Å². The number of halogens is 1. The molecule has 0 fully saturated rings. The van der Waals surface area contributed by atoms with Crippen molar-refractivity contribution < 1.29 is 23.9 Å². The Labute approximate surface area is 275 Å². The Morgan fingerprint density at radius 2 is 1.61 bits per heavy atom. The molecule has 0 saturated heterocycles. The summed E-state index contributed by atoms with van der Waals surface area (Å²) in [5.41, 5.74) is 3.04. The van der Waals surface area contributed by atoms with Crippen molar-refractivity contribution in [1.29, 1.82) is 0 Å². The van der Waals surface area contributed by atoms with Gasteiger partial charge in [-0.15, -0.1) is 11.8 Å². The van der Waals surface area contributed by atoms with E-state index >= 15 is 0 Å². The van der Waals surface area contributed by atoms with Gasteiger partial charge in [-0.05, 0) is 55.5 Å². The van der Waals surface area contributed by atoms with Crippen LogP contribution >= 0.6 is 23.4 Å². The number of ether oxygens (including phenoxy) is 2. The third-order valence-corrected chi connectivity index (χ3v) is 8.34. The molecule has 9 nitrogen and oxygen atoms in total. The van der Waals surface area contributed by atoms with E-state index in [1.165, 1.54) is 26.0 Å². The molecule has 0 radical (unpaired) electrons. The molecule has 0 saturated carbocycles. The molecule has 5 rings (SSSR count). The van der Waals surface area contributed by atoms with E-state index in [-0.39, 0.29) is 11.6 Å². The van der Waals surface area contributed by atoms with E-state index in [0.717, 1.165) is 21.4 Å². The minimum Gasteiger partial charge on any atom is -0.495 e. The molecule has 1 aromatic heterocycles. The zero-order valence-corrected chi connectivity index (χ0v) is 26.8. The molecule has 0 aliphatic carbocycles. The summed E-state index contributed by atoms with van der Waals surface area (Å²) in [5.74, 6) is -0.359. The van der Waals surface area contributed by atoms with E-state index in [2.05, 4.69) is 20.9 Å². The van der Waals surface area contributed by atoms with Crippen LogP contribution in [0.4, 0.5) is 11.4 Å². The van der Waals surface area contributed by atoms with Crippen molar-refractivity contribution in [3.63, 3.8) is 0 Å². The largest absolute Gasteiger partial charge is 0.495 e. The molecular weight excluding hydrogens is 624 g/mol. The fraction of sp³-hybridized carbons (Fsp3) is 0.114. The van der Waals surface area contributed by atoms with Crippen molar-refractivity contribution in [2.75, 3.05) is 24.9 Å². The number of hydrogen-bond acceptors (Lipinski definition) is 6. The van der Waals surface area contributed by atoms with Crippen molar-refractivity contribution in [3.8, 4) is 11.5 Å². The van der Waals surface area contributed by atoms with Crippen molar-refractivity contribution in [2.45, 2.75) is 17.1 Å². The van der Waals surface area contributed by atoms with Gasteiger partial charge < -0.3 is 30.4 Å². The van der Waals surface area contributed by atoms with Gasteiger partial charge in [0, 0.05) is 44.9 Å². The number of fused-ring (bicyclic) bond motifs is 1. The molecule has 3 amide bonds. The van der Waals surface area contributed by atoms with Crippen LogP contribution < -0.4 is 25.4 Å². The Hall–Kier alpha value is -5.19. The first kappa shape index (κ1) is 32.2. The quantitative estimate of drug-likeness (QED) is 0.0872. The number of anilines is 2. The molecule has 46 heavy (non-hydrogen) atoms. The molecule has 4 aromatic carbocycles. The van der Waals surface area contributed by atoms with E-state index in [0.29, 0.717) is 33.5 Å². The van der Waals surface area contributed by atoms with Crippen LogP contribution in [-0.4, -0.2) is 42.2 Å². The summed E-state index contributed by atoms with van der Waals surface area (Å²) in [4.78, 5) is 43.7. The second kappa shape index (κ2) is 14.7. The van der Waals surface area contributed by atoms with Crippen LogP contribution in [0.3, 0.4) is 0 Å². The highest BCUT2D eigenvalue weighted by Gasteiger charge is 2.20. The summed E-state index contributed by atoms with van der Waals surface area (Å²) in [6.45, 7) is 1.77. The number of amides is 3. The minimum absolute atomic E-state index is 0.0662. The van der Waals surface area contributed by atoms with E-state index in [9.17, 15) is 14.4 Å². The molecule has 11 heteroatoms. The maximum atomic E-state index is 13.6. The summed E-state index contributed by atoms with van der Waals surface area (Å²) in [6, 6.07) is 26.7. The standard InChI is InChI=1S/C35H31ClN4O5S/c1-21(33(41)39-29-18-27(36)31(44-2)19-32(29)45-3)46-25-13-9-12-24(17-25)38-35(43)30(40-34(42)22-10-5-4-6-11-22)16-23-20-37-28-15-8-7-14-26(23)28/h4-21,37H,1-3H3,(H,38,43)(H,39,41)(H,40,42)/b30-16-. The van der Waals surface area contributed by atoms with E-state index in [1.54, 1.807) is 73.8 Å². The van der Waals surface area contributed by atoms with Crippen molar-refractivity contribution in [1.82, 2.24) is 10.3 Å². The lowest BCUT2D eigenvalue weighted by Crippen LogP contribution is -2.30. The van der Waals surface area contributed by atoms with Crippen molar-refractivity contribution in [2.24, 2.45) is 0 Å². The number of para-hydroxylation sites is 1. The zero-order valence-electron chi connectivity index (χ0n) is 25.2. The van der Waals surface area contributed by atoms with Crippen molar-refractivity contribution in [3.05, 3.63) is 119 Å². The molecule has 0 spiro atoms. The SMILES string of the molecule is COc1cc(OC)c(NC(=O)C(C)Sc2cccc(NC(=O)/C(=C/c3c[nH]c4ccccc34)NC(=O)c3ccccc3)c2)cc1Cl. The number of carbonyl (C=O) groups excluding carboxylic acids is 3. The lowest BCUT2D eigenvalue weighted by Gasteiger charge is -2.16. The van der Waals surface area contributed by atoms with Gasteiger partial charge >= 0.3 is 0 Å². The van der Waals surface area contributed by atoms with E-state index in [1.807, 2.05) is 36.4 Å². The number of carbonyl (C=O) groups is 3. The first-order valence-electron chi connectivity index (χ1n) is 14.2. The van der Waals surface area contributed by atoms with Gasteiger partial charge in [0.15, 0.2) is 0 Å². The summed E-state index contributed by atoms with van der Waals surface area (Å²) < 4.78 is 10.6. The topological polar surface area (TPSA) is 122 Å². The van der Waals surface area contributed by atoms with Crippen molar-refractivity contribution >= 4 is 69.4 Å². The van der Waals surface area contributed by atoms with Crippen LogP contribution in [0.25, 0.3) is 17.0 Å². The molecule has 1 heterocycles. The fourth-order valence-electron chi connectivity index (χ4n) is 4.61. The lowest BCUT2D eigenvalue weighted by atomic mass is 10.1. The number of benzene rings is 4. The number of aromatic nitrogens is 1. The highest BCUT2D eigenvalue weighted by atomic mass is 35.5. The number of H-pyrrole nitrogens is 1. The summed E-state index contributed by atoms with van der Waals surface area (Å²) in [7, 11) is 2.99. The number of methoxy groups -OCH3 is 2. The van der Waals surface area contributed by atoms with Gasteiger partial charge in [-0.3, -0.25) is 14.4 Å². The second-order valence-corrected chi connectivity index (χ2v) is 11.9. The maximum absolute atomic E-state index is 13.6.